The number of rotatable bonds is 2. The summed E-state index contributed by atoms with van der Waals surface area (Å²) in [7, 11) is 0. The van der Waals surface area contributed by atoms with E-state index in [0.29, 0.717) is 40.6 Å². The molecule has 0 bridgehead atoms. The summed E-state index contributed by atoms with van der Waals surface area (Å²) in [6.07, 6.45) is 3.08. The van der Waals surface area contributed by atoms with Gasteiger partial charge in [-0.1, -0.05) is 11.6 Å². The molecule has 3 N–H and O–H groups in total. The predicted molar refractivity (Wildman–Crippen MR) is 97.7 cm³/mol. The van der Waals surface area contributed by atoms with Gasteiger partial charge in [0.05, 0.1) is 29.4 Å². The van der Waals surface area contributed by atoms with E-state index in [9.17, 15) is 9.59 Å². The Balaban J connectivity index is 1.98. The summed E-state index contributed by atoms with van der Waals surface area (Å²) in [5, 5.41) is 7.88. The van der Waals surface area contributed by atoms with E-state index in [-0.39, 0.29) is 18.1 Å². The molecule has 0 spiro atoms. The zero-order valence-electron chi connectivity index (χ0n) is 14.9. The molecule has 1 aliphatic rings. The molecule has 0 aromatic carbocycles. The second-order valence-electron chi connectivity index (χ2n) is 7.25. The van der Waals surface area contributed by atoms with Crippen molar-refractivity contribution in [1.82, 2.24) is 25.0 Å². The number of hydrogen-bond donors (Lipinski definition) is 2. The molecule has 0 aliphatic carbocycles. The molecule has 9 heteroatoms. The van der Waals surface area contributed by atoms with Crippen molar-refractivity contribution >= 4 is 23.5 Å². The molecule has 3 heterocycles. The molecule has 8 nitrogen and oxygen atoms in total. The number of hydrogen-bond acceptors (Lipinski definition) is 4. The summed E-state index contributed by atoms with van der Waals surface area (Å²) in [6, 6.07) is 1.49. The predicted octanol–water partition coefficient (Wildman–Crippen LogP) is 2.02. The number of nitrogens with zero attached hydrogens (tertiary/aromatic N) is 4. The topological polar surface area (TPSA) is 106 Å². The number of carbonyl (C=O) groups is 2. The van der Waals surface area contributed by atoms with Crippen LogP contribution in [0.25, 0.3) is 11.3 Å². The average molecular weight is 377 g/mol. The summed E-state index contributed by atoms with van der Waals surface area (Å²) >= 11 is 6.01. The summed E-state index contributed by atoms with van der Waals surface area (Å²) in [5.74, 6) is -0.598. The third-order valence-electron chi connectivity index (χ3n) is 3.97. The maximum Gasteiger partial charge on any atom is 0.318 e. The van der Waals surface area contributed by atoms with Crippen molar-refractivity contribution in [1.29, 1.82) is 0 Å². The first kappa shape index (κ1) is 18.2. The van der Waals surface area contributed by atoms with Crippen molar-refractivity contribution in [3.8, 4) is 11.3 Å². The van der Waals surface area contributed by atoms with Gasteiger partial charge in [0.1, 0.15) is 5.69 Å². The number of urea groups is 1. The van der Waals surface area contributed by atoms with E-state index < -0.39 is 5.91 Å². The highest BCUT2D eigenvalue weighted by molar-refractivity contribution is 6.30. The summed E-state index contributed by atoms with van der Waals surface area (Å²) in [4.78, 5) is 30.3. The number of nitrogens with one attached hydrogen (secondary N) is 1. The summed E-state index contributed by atoms with van der Waals surface area (Å²) in [5.41, 5.74) is 7.22. The first-order valence-corrected chi connectivity index (χ1v) is 8.61. The Kier molecular flexibility index (Phi) is 4.62. The van der Waals surface area contributed by atoms with Crippen molar-refractivity contribution in [3.05, 3.63) is 34.7 Å². The summed E-state index contributed by atoms with van der Waals surface area (Å²) in [6.45, 7) is 6.96. The SMILES string of the molecule is CC(C)(C)NC(=O)N1CCn2nc(-c3cncc(Cl)c3)c(C(N)=O)c2C1. The molecule has 138 valence electrons. The Morgan fingerprint density at radius 3 is 2.62 bits per heavy atom. The van der Waals surface area contributed by atoms with Crippen LogP contribution in [0.2, 0.25) is 5.02 Å². The molecule has 0 saturated heterocycles. The van der Waals surface area contributed by atoms with Gasteiger partial charge in [-0.15, -0.1) is 0 Å². The van der Waals surface area contributed by atoms with Crippen molar-refractivity contribution in [3.63, 3.8) is 0 Å². The highest BCUT2D eigenvalue weighted by atomic mass is 35.5. The third-order valence-corrected chi connectivity index (χ3v) is 4.18. The smallest absolute Gasteiger partial charge is 0.318 e. The Morgan fingerprint density at radius 1 is 1.27 bits per heavy atom. The van der Waals surface area contributed by atoms with E-state index >= 15 is 0 Å². The number of carbonyl (C=O) groups excluding carboxylic acids is 2. The highest BCUT2D eigenvalue weighted by Crippen LogP contribution is 2.29. The molecular formula is C17H21ClN6O2. The minimum Gasteiger partial charge on any atom is -0.365 e. The number of amides is 3. The van der Waals surface area contributed by atoms with Crippen LogP contribution in [0, 0.1) is 0 Å². The molecule has 2 aromatic rings. The minimum absolute atomic E-state index is 0.189. The standard InChI is InChI=1S/C17H21ClN6O2/c1-17(2,3)21-16(26)23-4-5-24-12(9-23)13(15(19)25)14(22-24)10-6-11(18)8-20-7-10/h6-8H,4-5,9H2,1-3H3,(H2,19,25)(H,21,26). The van der Waals surface area contributed by atoms with Gasteiger partial charge in [0, 0.05) is 30.0 Å². The fraction of sp³-hybridized carbons (Fsp3) is 0.412. The van der Waals surface area contributed by atoms with E-state index in [1.807, 2.05) is 20.8 Å². The van der Waals surface area contributed by atoms with Gasteiger partial charge in [-0.05, 0) is 26.8 Å². The van der Waals surface area contributed by atoms with E-state index in [2.05, 4.69) is 15.4 Å². The molecule has 3 rings (SSSR count). The van der Waals surface area contributed by atoms with Crippen molar-refractivity contribution in [2.75, 3.05) is 6.54 Å². The van der Waals surface area contributed by atoms with Gasteiger partial charge in [-0.3, -0.25) is 14.5 Å². The van der Waals surface area contributed by atoms with Crippen LogP contribution in [-0.4, -0.2) is 43.7 Å². The molecule has 26 heavy (non-hydrogen) atoms. The van der Waals surface area contributed by atoms with Gasteiger partial charge in [0.15, 0.2) is 0 Å². The zero-order chi connectivity index (χ0) is 19.1. The normalized spacial score (nSPS) is 14.1. The van der Waals surface area contributed by atoms with Crippen LogP contribution in [0.1, 0.15) is 36.8 Å². The fourth-order valence-corrected chi connectivity index (χ4v) is 3.07. The van der Waals surface area contributed by atoms with Crippen molar-refractivity contribution in [2.24, 2.45) is 5.73 Å². The third kappa shape index (κ3) is 3.65. The maximum absolute atomic E-state index is 12.5. The average Bonchev–Trinajstić information content (AvgIpc) is 2.91. The number of halogens is 1. The maximum atomic E-state index is 12.5. The van der Waals surface area contributed by atoms with Crippen LogP contribution in [0.15, 0.2) is 18.5 Å². The lowest BCUT2D eigenvalue weighted by Gasteiger charge is -2.31. The molecule has 2 aromatic heterocycles. The highest BCUT2D eigenvalue weighted by Gasteiger charge is 2.30. The van der Waals surface area contributed by atoms with Crippen LogP contribution in [0.5, 0.6) is 0 Å². The largest absolute Gasteiger partial charge is 0.365 e. The van der Waals surface area contributed by atoms with Crippen LogP contribution in [-0.2, 0) is 13.1 Å². The summed E-state index contributed by atoms with van der Waals surface area (Å²) < 4.78 is 1.72. The van der Waals surface area contributed by atoms with E-state index in [4.69, 9.17) is 17.3 Å². The van der Waals surface area contributed by atoms with Crippen LogP contribution in [0.3, 0.4) is 0 Å². The Morgan fingerprint density at radius 2 is 2.00 bits per heavy atom. The zero-order valence-corrected chi connectivity index (χ0v) is 15.7. The number of nitrogens with two attached hydrogens (primary N) is 1. The lowest BCUT2D eigenvalue weighted by Crippen LogP contribution is -2.50. The van der Waals surface area contributed by atoms with Crippen LogP contribution >= 0.6 is 11.6 Å². The molecular weight excluding hydrogens is 356 g/mol. The Bertz CT molecular complexity index is 871. The lowest BCUT2D eigenvalue weighted by molar-refractivity contribution is 0.0997. The van der Waals surface area contributed by atoms with Crippen molar-refractivity contribution in [2.45, 2.75) is 39.4 Å². The minimum atomic E-state index is -0.598. The van der Waals surface area contributed by atoms with Gasteiger partial charge in [0.25, 0.3) is 5.91 Å². The molecule has 0 unspecified atom stereocenters. The second-order valence-corrected chi connectivity index (χ2v) is 7.69. The van der Waals surface area contributed by atoms with Gasteiger partial charge >= 0.3 is 6.03 Å². The van der Waals surface area contributed by atoms with E-state index in [1.54, 1.807) is 21.8 Å². The number of pyridine rings is 1. The molecule has 0 fully saturated rings. The number of aromatic nitrogens is 3. The van der Waals surface area contributed by atoms with Gasteiger partial charge in [0.2, 0.25) is 0 Å². The first-order chi connectivity index (χ1) is 12.2. The number of primary amides is 1. The van der Waals surface area contributed by atoms with Crippen LogP contribution in [0.4, 0.5) is 4.79 Å². The molecule has 3 amide bonds. The molecule has 0 atom stereocenters. The molecule has 0 saturated carbocycles. The Labute approximate surface area is 156 Å². The van der Waals surface area contributed by atoms with Gasteiger partial charge in [-0.2, -0.15) is 5.10 Å². The first-order valence-electron chi connectivity index (χ1n) is 8.23. The van der Waals surface area contributed by atoms with E-state index in [1.165, 1.54) is 6.20 Å². The van der Waals surface area contributed by atoms with Crippen molar-refractivity contribution < 1.29 is 9.59 Å². The lowest BCUT2D eigenvalue weighted by atomic mass is 10.1. The molecule has 1 aliphatic heterocycles. The van der Waals surface area contributed by atoms with Gasteiger partial charge in [-0.25, -0.2) is 4.79 Å². The van der Waals surface area contributed by atoms with E-state index in [0.717, 1.165) is 0 Å². The van der Waals surface area contributed by atoms with Crippen LogP contribution < -0.4 is 11.1 Å². The van der Waals surface area contributed by atoms with Gasteiger partial charge < -0.3 is 16.0 Å². The molecule has 0 radical (unpaired) electrons. The second kappa shape index (κ2) is 6.60. The monoisotopic (exact) mass is 376 g/mol. The fourth-order valence-electron chi connectivity index (χ4n) is 2.89. The quantitative estimate of drug-likeness (QED) is 0.836. The Hall–Kier alpha value is -2.61. The number of fused-ring (bicyclic) bond motifs is 1.